The Labute approximate surface area is 122 Å². The van der Waals surface area contributed by atoms with Gasteiger partial charge in [0.25, 0.3) is 0 Å². The van der Waals surface area contributed by atoms with E-state index in [1.54, 1.807) is 0 Å². The zero-order valence-corrected chi connectivity index (χ0v) is 13.2. The van der Waals surface area contributed by atoms with Crippen LogP contribution in [0.15, 0.2) is 16.9 Å². The van der Waals surface area contributed by atoms with Crippen molar-refractivity contribution in [2.24, 2.45) is 7.05 Å². The van der Waals surface area contributed by atoms with E-state index >= 15 is 0 Å². The molecule has 2 rings (SSSR count). The Balaban J connectivity index is 2.21. The predicted octanol–water partition coefficient (Wildman–Crippen LogP) is 2.10. The molecule has 0 amide bonds. The van der Waals surface area contributed by atoms with Gasteiger partial charge < -0.3 is 9.88 Å². The van der Waals surface area contributed by atoms with Crippen LogP contribution in [-0.4, -0.2) is 25.9 Å². The summed E-state index contributed by atoms with van der Waals surface area (Å²) in [7, 11) is 1.99. The first kappa shape index (κ1) is 14.3. The molecule has 5 nitrogen and oxygen atoms in total. The van der Waals surface area contributed by atoms with Gasteiger partial charge in [-0.1, -0.05) is 13.8 Å². The second-order valence-corrected chi connectivity index (χ2v) is 5.23. The molecule has 0 bridgehead atoms. The molecule has 0 atom stereocenters. The molecule has 0 fully saturated rings. The summed E-state index contributed by atoms with van der Waals surface area (Å²) in [5.41, 5.74) is 2.28. The number of imidazole rings is 1. The fraction of sp³-hybridized carbons (Fsp3) is 0.538. The third-order valence-electron chi connectivity index (χ3n) is 3.16. The SMILES string of the molecule is CCNCc1nccn1Cc1c(Br)c(CC)nn1C. The van der Waals surface area contributed by atoms with Crippen LogP contribution < -0.4 is 5.32 Å². The van der Waals surface area contributed by atoms with Gasteiger partial charge in [-0.05, 0) is 28.9 Å². The summed E-state index contributed by atoms with van der Waals surface area (Å²) in [6, 6.07) is 0. The lowest BCUT2D eigenvalue weighted by atomic mass is 10.3. The summed E-state index contributed by atoms with van der Waals surface area (Å²) < 4.78 is 5.21. The van der Waals surface area contributed by atoms with Crippen LogP contribution in [0.5, 0.6) is 0 Å². The van der Waals surface area contributed by atoms with Gasteiger partial charge in [-0.25, -0.2) is 4.98 Å². The minimum absolute atomic E-state index is 0.783. The highest BCUT2D eigenvalue weighted by Crippen LogP contribution is 2.22. The smallest absolute Gasteiger partial charge is 0.123 e. The molecule has 0 aromatic carbocycles. The van der Waals surface area contributed by atoms with Gasteiger partial charge in [-0.2, -0.15) is 5.10 Å². The van der Waals surface area contributed by atoms with Crippen molar-refractivity contribution < 1.29 is 0 Å². The zero-order valence-electron chi connectivity index (χ0n) is 11.6. The fourth-order valence-corrected chi connectivity index (χ4v) is 2.78. The third-order valence-corrected chi connectivity index (χ3v) is 4.07. The molecule has 0 saturated heterocycles. The van der Waals surface area contributed by atoms with Crippen LogP contribution in [0, 0.1) is 0 Å². The molecule has 2 aromatic heterocycles. The van der Waals surface area contributed by atoms with Crippen LogP contribution in [0.4, 0.5) is 0 Å². The summed E-state index contributed by atoms with van der Waals surface area (Å²) in [4.78, 5) is 4.39. The van der Waals surface area contributed by atoms with E-state index in [1.807, 2.05) is 24.1 Å². The van der Waals surface area contributed by atoms with E-state index in [1.165, 1.54) is 5.69 Å². The average Bonchev–Trinajstić information content (AvgIpc) is 2.95. The van der Waals surface area contributed by atoms with Crippen molar-refractivity contribution in [3.8, 4) is 0 Å². The number of nitrogens with one attached hydrogen (secondary N) is 1. The molecule has 0 radical (unpaired) electrons. The largest absolute Gasteiger partial charge is 0.328 e. The first-order valence-corrected chi connectivity index (χ1v) is 7.37. The van der Waals surface area contributed by atoms with Gasteiger partial charge in [0.1, 0.15) is 5.82 Å². The molecule has 104 valence electrons. The van der Waals surface area contributed by atoms with E-state index in [2.05, 4.69) is 49.7 Å². The highest BCUT2D eigenvalue weighted by Gasteiger charge is 2.14. The maximum atomic E-state index is 4.52. The predicted molar refractivity (Wildman–Crippen MR) is 79.0 cm³/mol. The Morgan fingerprint density at radius 3 is 2.79 bits per heavy atom. The number of hydrogen-bond donors (Lipinski definition) is 1. The van der Waals surface area contributed by atoms with E-state index < -0.39 is 0 Å². The lowest BCUT2D eigenvalue weighted by Crippen LogP contribution is -2.17. The Bertz CT molecular complexity index is 543. The summed E-state index contributed by atoms with van der Waals surface area (Å²) >= 11 is 3.65. The van der Waals surface area contributed by atoms with E-state index in [0.29, 0.717) is 0 Å². The van der Waals surface area contributed by atoms with Gasteiger partial charge in [-0.15, -0.1) is 0 Å². The van der Waals surface area contributed by atoms with Crippen LogP contribution >= 0.6 is 15.9 Å². The topological polar surface area (TPSA) is 47.7 Å². The fourth-order valence-electron chi connectivity index (χ4n) is 2.04. The Morgan fingerprint density at radius 1 is 1.37 bits per heavy atom. The maximum absolute atomic E-state index is 4.52. The highest BCUT2D eigenvalue weighted by atomic mass is 79.9. The standard InChI is InChI=1S/C13H20BrN5/c1-4-10-13(14)11(18(3)17-10)9-19-7-6-16-12(19)8-15-5-2/h6-7,15H,4-5,8-9H2,1-3H3. The molecule has 6 heteroatoms. The molecule has 0 aliphatic rings. The van der Waals surface area contributed by atoms with E-state index in [0.717, 1.165) is 42.0 Å². The molecule has 0 spiro atoms. The van der Waals surface area contributed by atoms with Crippen LogP contribution in [0.25, 0.3) is 0 Å². The van der Waals surface area contributed by atoms with Crippen molar-refractivity contribution in [1.29, 1.82) is 0 Å². The average molecular weight is 326 g/mol. The van der Waals surface area contributed by atoms with Crippen molar-refractivity contribution in [3.63, 3.8) is 0 Å². The second-order valence-electron chi connectivity index (χ2n) is 4.44. The zero-order chi connectivity index (χ0) is 13.8. The van der Waals surface area contributed by atoms with E-state index in [9.17, 15) is 0 Å². The number of aromatic nitrogens is 4. The van der Waals surface area contributed by atoms with Gasteiger partial charge in [0.05, 0.1) is 29.0 Å². The minimum Gasteiger partial charge on any atom is -0.328 e. The molecule has 0 unspecified atom stereocenters. The van der Waals surface area contributed by atoms with Crippen LogP contribution in [0.1, 0.15) is 31.1 Å². The molecule has 0 aliphatic carbocycles. The van der Waals surface area contributed by atoms with Crippen molar-refractivity contribution in [2.45, 2.75) is 33.4 Å². The lowest BCUT2D eigenvalue weighted by Gasteiger charge is -2.09. The molecule has 0 saturated carbocycles. The first-order chi connectivity index (χ1) is 9.17. The Hall–Kier alpha value is -1.14. The number of rotatable bonds is 6. The van der Waals surface area contributed by atoms with Gasteiger partial charge in [0.2, 0.25) is 0 Å². The summed E-state index contributed by atoms with van der Waals surface area (Å²) in [6.07, 6.45) is 4.79. The van der Waals surface area contributed by atoms with Crippen molar-refractivity contribution >= 4 is 15.9 Å². The van der Waals surface area contributed by atoms with Gasteiger partial charge in [0.15, 0.2) is 0 Å². The number of nitrogens with zero attached hydrogens (tertiary/aromatic N) is 4. The first-order valence-electron chi connectivity index (χ1n) is 6.58. The maximum Gasteiger partial charge on any atom is 0.123 e. The summed E-state index contributed by atoms with van der Waals surface area (Å²) in [6.45, 7) is 6.73. The normalized spacial score (nSPS) is 11.2. The third kappa shape index (κ3) is 3.06. The van der Waals surface area contributed by atoms with Gasteiger partial charge in [-0.3, -0.25) is 4.68 Å². The lowest BCUT2D eigenvalue weighted by molar-refractivity contribution is 0.609. The molecule has 2 aromatic rings. The monoisotopic (exact) mass is 325 g/mol. The molecule has 2 heterocycles. The van der Waals surface area contributed by atoms with Gasteiger partial charge in [0, 0.05) is 19.4 Å². The molecule has 19 heavy (non-hydrogen) atoms. The highest BCUT2D eigenvalue weighted by molar-refractivity contribution is 9.10. The quantitative estimate of drug-likeness (QED) is 0.884. The molecular formula is C13H20BrN5. The molecule has 1 N–H and O–H groups in total. The summed E-state index contributed by atoms with van der Waals surface area (Å²) in [5, 5.41) is 7.83. The summed E-state index contributed by atoms with van der Waals surface area (Å²) in [5.74, 6) is 1.05. The van der Waals surface area contributed by atoms with Crippen molar-refractivity contribution in [1.82, 2.24) is 24.6 Å². The Morgan fingerprint density at radius 2 is 2.16 bits per heavy atom. The van der Waals surface area contributed by atoms with Gasteiger partial charge >= 0.3 is 0 Å². The van der Waals surface area contributed by atoms with Crippen LogP contribution in [-0.2, 0) is 26.6 Å². The number of halogens is 1. The Kier molecular flexibility index (Phi) is 4.76. The molecule has 0 aliphatic heterocycles. The molecular weight excluding hydrogens is 306 g/mol. The minimum atomic E-state index is 0.783. The second kappa shape index (κ2) is 6.34. The number of hydrogen-bond acceptors (Lipinski definition) is 3. The van der Waals surface area contributed by atoms with E-state index in [-0.39, 0.29) is 0 Å². The van der Waals surface area contributed by atoms with Crippen molar-refractivity contribution in [3.05, 3.63) is 34.1 Å². The van der Waals surface area contributed by atoms with Crippen LogP contribution in [0.2, 0.25) is 0 Å². The van der Waals surface area contributed by atoms with Crippen molar-refractivity contribution in [2.75, 3.05) is 6.54 Å². The number of aryl methyl sites for hydroxylation is 2. The van der Waals surface area contributed by atoms with Crippen LogP contribution in [0.3, 0.4) is 0 Å². The van der Waals surface area contributed by atoms with E-state index in [4.69, 9.17) is 0 Å².